The van der Waals surface area contributed by atoms with Crippen molar-refractivity contribution >= 4 is 43.9 Å². The molecule has 7 aromatic rings. The van der Waals surface area contributed by atoms with Gasteiger partial charge in [-0.3, -0.25) is 4.57 Å². The fourth-order valence-electron chi connectivity index (χ4n) is 5.10. The summed E-state index contributed by atoms with van der Waals surface area (Å²) >= 11 is 0. The largest absolute Gasteiger partial charge is 0.455 e. The number of benzene rings is 4. The first-order chi connectivity index (χ1) is 17.5. The van der Waals surface area contributed by atoms with Gasteiger partial charge in [-0.05, 0) is 41.8 Å². The summed E-state index contributed by atoms with van der Waals surface area (Å²) in [6.07, 6.45) is 0. The Kier molecular flexibility index (Phi) is 4.37. The zero-order valence-electron chi connectivity index (χ0n) is 20.5. The highest BCUT2D eigenvalue weighted by molar-refractivity contribution is 6.17. The van der Waals surface area contributed by atoms with E-state index in [1.807, 2.05) is 6.07 Å². The van der Waals surface area contributed by atoms with Crippen LogP contribution in [0.15, 0.2) is 101 Å². The predicted molar refractivity (Wildman–Crippen MR) is 148 cm³/mol. The third-order valence-corrected chi connectivity index (χ3v) is 6.93. The molecule has 0 radical (unpaired) electrons. The molecule has 0 bridgehead atoms. The van der Waals surface area contributed by atoms with Crippen molar-refractivity contribution in [3.63, 3.8) is 0 Å². The topological polar surface area (TPSA) is 43.9 Å². The van der Waals surface area contributed by atoms with Crippen molar-refractivity contribution in [2.75, 3.05) is 0 Å². The van der Waals surface area contributed by atoms with Crippen LogP contribution in [-0.4, -0.2) is 14.5 Å². The van der Waals surface area contributed by atoms with Crippen molar-refractivity contribution in [2.24, 2.45) is 0 Å². The molecule has 0 saturated heterocycles. The summed E-state index contributed by atoms with van der Waals surface area (Å²) in [4.78, 5) is 10.1. The summed E-state index contributed by atoms with van der Waals surface area (Å²) in [7, 11) is 0. The molecule has 4 nitrogen and oxygen atoms in total. The Morgan fingerprint density at radius 3 is 2.22 bits per heavy atom. The molecule has 0 aliphatic heterocycles. The van der Waals surface area contributed by atoms with Gasteiger partial charge in [-0.1, -0.05) is 81.4 Å². The van der Waals surface area contributed by atoms with E-state index >= 15 is 0 Å². The lowest BCUT2D eigenvalue weighted by Crippen LogP contribution is -2.13. The number of hydrogen-bond donors (Lipinski definition) is 0. The van der Waals surface area contributed by atoms with Gasteiger partial charge in [0.1, 0.15) is 11.2 Å². The molecule has 0 N–H and O–H groups in total. The number of fused-ring (bicyclic) bond motifs is 6. The smallest absolute Gasteiger partial charge is 0.178 e. The molecule has 0 saturated carbocycles. The normalized spacial score (nSPS) is 12.3. The van der Waals surface area contributed by atoms with E-state index in [-0.39, 0.29) is 5.41 Å². The summed E-state index contributed by atoms with van der Waals surface area (Å²) in [5.74, 6) is 0.823. The van der Waals surface area contributed by atoms with Crippen LogP contribution in [0.5, 0.6) is 0 Å². The Morgan fingerprint density at radius 2 is 1.39 bits per heavy atom. The van der Waals surface area contributed by atoms with Crippen molar-refractivity contribution in [1.82, 2.24) is 14.5 Å². The average Bonchev–Trinajstić information content (AvgIpc) is 3.47. The van der Waals surface area contributed by atoms with Gasteiger partial charge >= 0.3 is 0 Å². The van der Waals surface area contributed by atoms with Gasteiger partial charge in [0.15, 0.2) is 11.5 Å². The lowest BCUT2D eigenvalue weighted by Gasteiger charge is -2.17. The van der Waals surface area contributed by atoms with Gasteiger partial charge in [0.25, 0.3) is 0 Å². The minimum atomic E-state index is -0.0648. The second-order valence-corrected chi connectivity index (χ2v) is 10.3. The van der Waals surface area contributed by atoms with Gasteiger partial charge < -0.3 is 4.42 Å². The number of rotatable bonds is 2. The molecule has 4 heteroatoms. The Morgan fingerprint density at radius 1 is 0.639 bits per heavy atom. The zero-order chi connectivity index (χ0) is 24.4. The molecule has 0 amide bonds. The molecule has 0 aliphatic carbocycles. The van der Waals surface area contributed by atoms with Crippen LogP contribution < -0.4 is 0 Å². The third kappa shape index (κ3) is 3.07. The third-order valence-electron chi connectivity index (χ3n) is 6.93. The Hall–Kier alpha value is -4.44. The van der Waals surface area contributed by atoms with Crippen LogP contribution in [-0.2, 0) is 5.41 Å². The molecule has 3 aromatic heterocycles. The predicted octanol–water partition coefficient (Wildman–Crippen LogP) is 8.44. The maximum Gasteiger partial charge on any atom is 0.178 e. The van der Waals surface area contributed by atoms with E-state index in [9.17, 15) is 0 Å². The number of nitrogens with zero attached hydrogens (tertiary/aromatic N) is 3. The monoisotopic (exact) mass is 467 g/mol. The van der Waals surface area contributed by atoms with E-state index in [2.05, 4.69) is 116 Å². The van der Waals surface area contributed by atoms with Crippen LogP contribution in [0, 0.1) is 0 Å². The number of imidazole rings is 1. The molecule has 0 fully saturated rings. The van der Waals surface area contributed by atoms with E-state index in [1.54, 1.807) is 0 Å². The Bertz CT molecular complexity index is 1920. The highest BCUT2D eigenvalue weighted by atomic mass is 16.3. The number of aromatic nitrogens is 3. The first kappa shape index (κ1) is 20.9. The second-order valence-electron chi connectivity index (χ2n) is 10.3. The van der Waals surface area contributed by atoms with Gasteiger partial charge in [0, 0.05) is 33.0 Å². The number of hydrogen-bond acceptors (Lipinski definition) is 3. The highest BCUT2D eigenvalue weighted by Gasteiger charge is 2.23. The highest BCUT2D eigenvalue weighted by Crippen LogP contribution is 2.40. The second kappa shape index (κ2) is 7.53. The molecule has 0 spiro atoms. The molecular formula is C32H25N3O. The molecular weight excluding hydrogens is 442 g/mol. The van der Waals surface area contributed by atoms with Crippen LogP contribution in [0.1, 0.15) is 26.5 Å². The van der Waals surface area contributed by atoms with Gasteiger partial charge in [-0.25, -0.2) is 9.97 Å². The average molecular weight is 468 g/mol. The first-order valence-electron chi connectivity index (χ1n) is 12.3. The maximum atomic E-state index is 6.64. The molecule has 174 valence electrons. The van der Waals surface area contributed by atoms with Crippen molar-refractivity contribution in [3.05, 3.63) is 103 Å². The minimum Gasteiger partial charge on any atom is -0.455 e. The number of furan rings is 1. The van der Waals surface area contributed by atoms with Crippen LogP contribution >= 0.6 is 0 Å². The van der Waals surface area contributed by atoms with E-state index in [4.69, 9.17) is 14.4 Å². The van der Waals surface area contributed by atoms with Crippen molar-refractivity contribution in [2.45, 2.75) is 26.2 Å². The molecule has 36 heavy (non-hydrogen) atoms. The summed E-state index contributed by atoms with van der Waals surface area (Å²) in [5.41, 5.74) is 6.41. The standard InChI is InChI=1S/C32H25N3O/c1-32(2,3)27-19-18-26-30(33-27)34-31(35(26)21-11-5-4-6-12-21)25-15-9-14-23-24-17-16-20-10-7-8-13-22(20)28(24)36-29(23)25/h4-19H,1-3H3. The van der Waals surface area contributed by atoms with Crippen LogP contribution in [0.4, 0.5) is 0 Å². The molecule has 4 aromatic carbocycles. The summed E-state index contributed by atoms with van der Waals surface area (Å²) in [6.45, 7) is 6.53. The van der Waals surface area contributed by atoms with Gasteiger partial charge in [-0.15, -0.1) is 0 Å². The lowest BCUT2D eigenvalue weighted by atomic mass is 9.92. The van der Waals surface area contributed by atoms with E-state index in [0.717, 1.165) is 61.3 Å². The first-order valence-corrected chi connectivity index (χ1v) is 12.3. The summed E-state index contributed by atoms with van der Waals surface area (Å²) in [5, 5.41) is 4.48. The van der Waals surface area contributed by atoms with Crippen molar-refractivity contribution in [3.8, 4) is 17.1 Å². The van der Waals surface area contributed by atoms with Gasteiger partial charge in [0.05, 0.1) is 11.1 Å². The van der Waals surface area contributed by atoms with Crippen LogP contribution in [0.2, 0.25) is 0 Å². The summed E-state index contributed by atoms with van der Waals surface area (Å²) < 4.78 is 8.83. The van der Waals surface area contributed by atoms with Crippen LogP contribution in [0.25, 0.3) is 61.0 Å². The Balaban J connectivity index is 1.58. The molecule has 7 rings (SSSR count). The van der Waals surface area contributed by atoms with Gasteiger partial charge in [-0.2, -0.15) is 0 Å². The lowest BCUT2D eigenvalue weighted by molar-refractivity contribution is 0.571. The molecule has 0 unspecified atom stereocenters. The fraction of sp³-hybridized carbons (Fsp3) is 0.125. The Labute approximate surface area is 208 Å². The van der Waals surface area contributed by atoms with Gasteiger partial charge in [0.2, 0.25) is 0 Å². The summed E-state index contributed by atoms with van der Waals surface area (Å²) in [6, 6.07) is 33.6. The van der Waals surface area contributed by atoms with E-state index < -0.39 is 0 Å². The molecule has 3 heterocycles. The van der Waals surface area contributed by atoms with Crippen molar-refractivity contribution in [1.29, 1.82) is 0 Å². The SMILES string of the molecule is CC(C)(C)c1ccc2c(n1)nc(-c1cccc3c1oc1c4ccccc4ccc31)n2-c1ccccc1. The minimum absolute atomic E-state index is 0.0648. The zero-order valence-corrected chi connectivity index (χ0v) is 20.5. The number of para-hydroxylation sites is 2. The van der Waals surface area contributed by atoms with E-state index in [1.165, 1.54) is 5.39 Å². The van der Waals surface area contributed by atoms with Crippen molar-refractivity contribution < 1.29 is 4.42 Å². The molecule has 0 atom stereocenters. The van der Waals surface area contributed by atoms with Crippen LogP contribution in [0.3, 0.4) is 0 Å². The maximum absolute atomic E-state index is 6.64. The fourth-order valence-corrected chi connectivity index (χ4v) is 5.10. The van der Waals surface area contributed by atoms with E-state index in [0.29, 0.717) is 0 Å². The number of pyridine rings is 1. The molecule has 0 aliphatic rings. The quantitative estimate of drug-likeness (QED) is 0.256.